The third-order valence-electron chi connectivity index (χ3n) is 3.94. The normalized spacial score (nSPS) is 11.0. The summed E-state index contributed by atoms with van der Waals surface area (Å²) in [6, 6.07) is 13.0. The number of benzene rings is 2. The second-order valence-corrected chi connectivity index (χ2v) is 5.61. The second kappa shape index (κ2) is 7.61. The molecule has 8 nitrogen and oxygen atoms in total. The summed E-state index contributed by atoms with van der Waals surface area (Å²) < 4.78 is 1.21. The van der Waals surface area contributed by atoms with Crippen molar-refractivity contribution < 1.29 is 14.7 Å². The molecule has 0 spiro atoms. The number of carboxylic acid groups (broad SMARTS) is 1. The molecule has 1 aromatic heterocycles. The van der Waals surface area contributed by atoms with Crippen molar-refractivity contribution in [3.63, 3.8) is 0 Å². The van der Waals surface area contributed by atoms with Gasteiger partial charge in [-0.3, -0.25) is 9.59 Å². The van der Waals surface area contributed by atoms with E-state index in [2.05, 4.69) is 15.6 Å². The molecule has 2 N–H and O–H groups in total. The van der Waals surface area contributed by atoms with Crippen molar-refractivity contribution in [2.24, 2.45) is 5.10 Å². The largest absolute Gasteiger partial charge is 0.478 e. The zero-order chi connectivity index (χ0) is 19.4. The number of aromatic carboxylic acids is 1. The maximum absolute atomic E-state index is 12.5. The van der Waals surface area contributed by atoms with Gasteiger partial charge in [0, 0.05) is 17.5 Å². The summed E-state index contributed by atoms with van der Waals surface area (Å²) in [5.41, 5.74) is 2.54. The van der Waals surface area contributed by atoms with Crippen molar-refractivity contribution in [2.75, 3.05) is 0 Å². The number of carboxylic acids is 1. The Kier molecular flexibility index (Phi) is 5.07. The summed E-state index contributed by atoms with van der Waals surface area (Å²) in [6.45, 7) is 2.07. The summed E-state index contributed by atoms with van der Waals surface area (Å²) in [5.74, 6) is -1.69. The monoisotopic (exact) mass is 364 g/mol. The number of fused-ring (bicyclic) bond motifs is 1. The highest BCUT2D eigenvalue weighted by Gasteiger charge is 2.15. The summed E-state index contributed by atoms with van der Waals surface area (Å²) in [6.07, 6.45) is 1.25. The molecule has 0 saturated carbocycles. The van der Waals surface area contributed by atoms with Gasteiger partial charge in [-0.1, -0.05) is 36.4 Å². The maximum atomic E-state index is 12.5. The molecule has 1 heterocycles. The lowest BCUT2D eigenvalue weighted by Crippen LogP contribution is -2.28. The topological polar surface area (TPSA) is 114 Å². The molecule has 0 atom stereocenters. The average Bonchev–Trinajstić information content (AvgIpc) is 2.68. The number of aromatic nitrogens is 2. The number of carbonyl (C=O) groups excluding carboxylic acids is 1. The highest BCUT2D eigenvalue weighted by molar-refractivity contribution is 6.05. The van der Waals surface area contributed by atoms with E-state index in [-0.39, 0.29) is 16.8 Å². The number of carbonyl (C=O) groups is 2. The number of hydrogen-bond acceptors (Lipinski definition) is 5. The minimum Gasteiger partial charge on any atom is -0.478 e. The molecule has 0 aliphatic rings. The third-order valence-corrected chi connectivity index (χ3v) is 3.94. The van der Waals surface area contributed by atoms with Gasteiger partial charge in [0.05, 0.1) is 17.2 Å². The van der Waals surface area contributed by atoms with Crippen LogP contribution in [0.2, 0.25) is 0 Å². The van der Waals surface area contributed by atoms with Crippen LogP contribution in [-0.2, 0) is 6.54 Å². The van der Waals surface area contributed by atoms with Gasteiger partial charge in [-0.25, -0.2) is 14.9 Å². The van der Waals surface area contributed by atoms with Crippen LogP contribution >= 0.6 is 0 Å². The number of hydrogen-bond donors (Lipinski definition) is 2. The smallest absolute Gasteiger partial charge is 0.336 e. The minimum atomic E-state index is -1.09. The molecule has 0 radical (unpaired) electrons. The maximum Gasteiger partial charge on any atom is 0.336 e. The third kappa shape index (κ3) is 3.59. The quantitative estimate of drug-likeness (QED) is 0.530. The highest BCUT2D eigenvalue weighted by atomic mass is 16.4. The highest BCUT2D eigenvalue weighted by Crippen LogP contribution is 2.13. The molecule has 0 bridgehead atoms. The Hall–Kier alpha value is -3.81. The second-order valence-electron chi connectivity index (χ2n) is 5.61. The number of nitrogens with zero attached hydrogens (tertiary/aromatic N) is 3. The van der Waals surface area contributed by atoms with Crippen molar-refractivity contribution in [1.82, 2.24) is 15.2 Å². The zero-order valence-corrected chi connectivity index (χ0v) is 14.4. The molecule has 2 aromatic carbocycles. The van der Waals surface area contributed by atoms with E-state index in [4.69, 9.17) is 5.11 Å². The molecule has 27 heavy (non-hydrogen) atoms. The molecule has 0 fully saturated rings. The van der Waals surface area contributed by atoms with Gasteiger partial charge < -0.3 is 5.11 Å². The van der Waals surface area contributed by atoms with Gasteiger partial charge in [-0.15, -0.1) is 0 Å². The van der Waals surface area contributed by atoms with Crippen LogP contribution in [0.4, 0.5) is 0 Å². The first-order valence-electron chi connectivity index (χ1n) is 8.18. The van der Waals surface area contributed by atoms with Crippen LogP contribution in [0, 0.1) is 0 Å². The van der Waals surface area contributed by atoms with Gasteiger partial charge in [0.15, 0.2) is 5.69 Å². The predicted molar refractivity (Wildman–Crippen MR) is 100 cm³/mol. The summed E-state index contributed by atoms with van der Waals surface area (Å²) >= 11 is 0. The van der Waals surface area contributed by atoms with E-state index in [1.54, 1.807) is 49.4 Å². The minimum absolute atomic E-state index is 0.0655. The van der Waals surface area contributed by atoms with E-state index < -0.39 is 11.9 Å². The van der Waals surface area contributed by atoms with Gasteiger partial charge in [-0.2, -0.15) is 10.2 Å². The van der Waals surface area contributed by atoms with Gasteiger partial charge in [0.25, 0.3) is 11.5 Å². The average molecular weight is 364 g/mol. The number of nitrogens with one attached hydrogen (secondary N) is 1. The molecular weight excluding hydrogens is 348 g/mol. The molecule has 3 aromatic rings. The molecule has 0 aliphatic heterocycles. The van der Waals surface area contributed by atoms with Crippen LogP contribution in [0.25, 0.3) is 10.8 Å². The van der Waals surface area contributed by atoms with Crippen LogP contribution in [0.15, 0.2) is 58.4 Å². The Balaban J connectivity index is 1.93. The van der Waals surface area contributed by atoms with E-state index in [9.17, 15) is 14.4 Å². The molecular formula is C19H16N4O4. The van der Waals surface area contributed by atoms with E-state index in [0.29, 0.717) is 22.9 Å². The SMILES string of the molecule is CCn1nc(C(=O)N/N=C/c2ccccc2C(=O)O)c2ccccc2c1=O. The Morgan fingerprint density at radius 1 is 1.15 bits per heavy atom. The zero-order valence-electron chi connectivity index (χ0n) is 14.4. The molecule has 0 saturated heterocycles. The Bertz CT molecular complexity index is 1120. The lowest BCUT2D eigenvalue weighted by atomic mass is 10.1. The summed E-state index contributed by atoms with van der Waals surface area (Å²) in [4.78, 5) is 36.0. The molecule has 136 valence electrons. The standard InChI is InChI=1S/C19H16N4O4/c1-2-23-18(25)15-10-6-5-9-14(15)16(22-23)17(24)21-20-11-12-7-3-4-8-13(12)19(26)27/h3-11H,2H2,1H3,(H,21,24)(H,26,27)/b20-11+. The molecule has 1 amide bonds. The molecule has 0 unspecified atom stereocenters. The lowest BCUT2D eigenvalue weighted by Gasteiger charge is -2.08. The van der Waals surface area contributed by atoms with E-state index >= 15 is 0 Å². The van der Waals surface area contributed by atoms with Crippen LogP contribution < -0.4 is 11.0 Å². The van der Waals surface area contributed by atoms with E-state index in [1.165, 1.54) is 17.0 Å². The van der Waals surface area contributed by atoms with Crippen LogP contribution in [0.5, 0.6) is 0 Å². The van der Waals surface area contributed by atoms with Gasteiger partial charge in [0.2, 0.25) is 0 Å². The first kappa shape index (κ1) is 18.0. The Morgan fingerprint density at radius 2 is 1.81 bits per heavy atom. The first-order chi connectivity index (χ1) is 13.0. The van der Waals surface area contributed by atoms with Crippen molar-refractivity contribution in [1.29, 1.82) is 0 Å². The molecule has 0 aliphatic carbocycles. The number of rotatable bonds is 5. The van der Waals surface area contributed by atoms with Gasteiger partial charge in [-0.05, 0) is 19.1 Å². The van der Waals surface area contributed by atoms with E-state index in [0.717, 1.165) is 0 Å². The Labute approximate surface area is 153 Å². The first-order valence-corrected chi connectivity index (χ1v) is 8.18. The number of amides is 1. The van der Waals surface area contributed by atoms with Crippen molar-refractivity contribution in [3.05, 3.63) is 75.7 Å². The van der Waals surface area contributed by atoms with Gasteiger partial charge >= 0.3 is 5.97 Å². The van der Waals surface area contributed by atoms with Crippen molar-refractivity contribution in [2.45, 2.75) is 13.5 Å². The number of aryl methyl sites for hydroxylation is 1. The van der Waals surface area contributed by atoms with Gasteiger partial charge in [0.1, 0.15) is 0 Å². The van der Waals surface area contributed by atoms with Crippen LogP contribution in [0.1, 0.15) is 33.3 Å². The van der Waals surface area contributed by atoms with Crippen LogP contribution in [-0.4, -0.2) is 33.0 Å². The summed E-state index contributed by atoms with van der Waals surface area (Å²) in [7, 11) is 0. The fraction of sp³-hybridized carbons (Fsp3) is 0.105. The van der Waals surface area contributed by atoms with Crippen molar-refractivity contribution in [3.8, 4) is 0 Å². The molecule has 8 heteroatoms. The number of hydrazone groups is 1. The fourth-order valence-corrected chi connectivity index (χ4v) is 2.63. The van der Waals surface area contributed by atoms with E-state index in [1.807, 2.05) is 0 Å². The predicted octanol–water partition coefficient (Wildman–Crippen LogP) is 1.88. The van der Waals surface area contributed by atoms with Crippen molar-refractivity contribution >= 4 is 28.9 Å². The molecule has 3 rings (SSSR count). The fourth-order valence-electron chi connectivity index (χ4n) is 2.63. The lowest BCUT2D eigenvalue weighted by molar-refractivity contribution is 0.0696. The Morgan fingerprint density at radius 3 is 2.52 bits per heavy atom. The summed E-state index contributed by atoms with van der Waals surface area (Å²) in [5, 5.41) is 17.9. The van der Waals surface area contributed by atoms with Crippen LogP contribution in [0.3, 0.4) is 0 Å².